The molecule has 1 heterocycles. The van der Waals surface area contributed by atoms with E-state index < -0.39 is 0 Å². The third-order valence-electron chi connectivity index (χ3n) is 2.78. The molecule has 14 heavy (non-hydrogen) atoms. The van der Waals surface area contributed by atoms with Crippen LogP contribution >= 0.6 is 15.9 Å². The van der Waals surface area contributed by atoms with Crippen molar-refractivity contribution in [2.24, 2.45) is 0 Å². The molecule has 1 saturated heterocycles. The number of halogens is 1. The predicted octanol–water partition coefficient (Wildman–Crippen LogP) is 2.10. The molecule has 0 atom stereocenters. The van der Waals surface area contributed by atoms with E-state index in [0.717, 1.165) is 24.1 Å². The molecule has 0 aromatic heterocycles. The second-order valence-corrected chi connectivity index (χ2v) is 4.67. The summed E-state index contributed by atoms with van der Waals surface area (Å²) in [6.07, 6.45) is 0.781. The van der Waals surface area contributed by atoms with Crippen molar-refractivity contribution in [2.75, 3.05) is 19.8 Å². The molecule has 1 fully saturated rings. The lowest BCUT2D eigenvalue weighted by atomic mass is 9.76. The smallest absolute Gasteiger partial charge is 0.0586 e. The highest BCUT2D eigenvalue weighted by molar-refractivity contribution is 9.10. The highest BCUT2D eigenvalue weighted by Gasteiger charge is 2.39. The Bertz CT molecular complexity index is 321. The minimum atomic E-state index is 0.0541. The average molecular weight is 257 g/mol. The van der Waals surface area contributed by atoms with Gasteiger partial charge in [0.1, 0.15) is 0 Å². The Balaban J connectivity index is 2.27. The zero-order valence-electron chi connectivity index (χ0n) is 7.87. The van der Waals surface area contributed by atoms with Gasteiger partial charge in [0.25, 0.3) is 0 Å². The maximum atomic E-state index is 9.03. The average Bonchev–Trinajstić information content (AvgIpc) is 2.11. The molecule has 3 heteroatoms. The molecule has 1 aromatic carbocycles. The van der Waals surface area contributed by atoms with Crippen molar-refractivity contribution in [3.63, 3.8) is 0 Å². The third-order valence-corrected chi connectivity index (χ3v) is 3.28. The van der Waals surface area contributed by atoms with E-state index in [1.807, 2.05) is 12.1 Å². The van der Waals surface area contributed by atoms with Gasteiger partial charge in [-0.1, -0.05) is 28.1 Å². The number of rotatable bonds is 3. The summed E-state index contributed by atoms with van der Waals surface area (Å²) in [6, 6.07) is 8.24. The number of benzene rings is 1. The number of hydrogen-bond acceptors (Lipinski definition) is 2. The quantitative estimate of drug-likeness (QED) is 0.898. The molecule has 2 rings (SSSR count). The molecule has 0 aliphatic carbocycles. The van der Waals surface area contributed by atoms with Crippen LogP contribution < -0.4 is 0 Å². The summed E-state index contributed by atoms with van der Waals surface area (Å²) in [6.45, 7) is 1.67. The van der Waals surface area contributed by atoms with Gasteiger partial charge < -0.3 is 9.84 Å². The first-order valence-electron chi connectivity index (χ1n) is 4.71. The minimum absolute atomic E-state index is 0.0541. The van der Waals surface area contributed by atoms with Gasteiger partial charge in [0.2, 0.25) is 0 Å². The Kier molecular flexibility index (Phi) is 2.91. The van der Waals surface area contributed by atoms with E-state index in [-0.39, 0.29) is 12.0 Å². The number of ether oxygens (including phenoxy) is 1. The molecule has 2 nitrogen and oxygen atoms in total. The predicted molar refractivity (Wildman–Crippen MR) is 58.3 cm³/mol. The van der Waals surface area contributed by atoms with Crippen molar-refractivity contribution < 1.29 is 9.84 Å². The van der Waals surface area contributed by atoms with Gasteiger partial charge in [0.15, 0.2) is 0 Å². The second-order valence-electron chi connectivity index (χ2n) is 3.76. The fourth-order valence-electron chi connectivity index (χ4n) is 1.84. The Labute approximate surface area is 92.0 Å². The van der Waals surface area contributed by atoms with Crippen LogP contribution in [0.25, 0.3) is 0 Å². The largest absolute Gasteiger partial charge is 0.396 e. The lowest BCUT2D eigenvalue weighted by molar-refractivity contribution is -0.0701. The van der Waals surface area contributed by atoms with Crippen LogP contribution in [0, 0.1) is 0 Å². The standard InChI is InChI=1S/C11H13BrO2/c12-10-3-1-2-9(6-10)11(4-5-13)7-14-8-11/h1-3,6,13H,4-5,7-8H2. The zero-order chi connectivity index (χ0) is 10.0. The molecule has 76 valence electrons. The van der Waals surface area contributed by atoms with E-state index in [4.69, 9.17) is 9.84 Å². The Morgan fingerprint density at radius 2 is 2.21 bits per heavy atom. The van der Waals surface area contributed by atoms with Crippen LogP contribution in [0.1, 0.15) is 12.0 Å². The first kappa shape index (κ1) is 10.1. The molecular formula is C11H13BrO2. The van der Waals surface area contributed by atoms with Crippen LogP contribution in [0.15, 0.2) is 28.7 Å². The first-order valence-corrected chi connectivity index (χ1v) is 5.51. The summed E-state index contributed by atoms with van der Waals surface area (Å²) in [5, 5.41) is 9.03. The molecule has 0 spiro atoms. The van der Waals surface area contributed by atoms with Gasteiger partial charge >= 0.3 is 0 Å². The highest BCUT2D eigenvalue weighted by Crippen LogP contribution is 2.36. The Hall–Kier alpha value is -0.380. The van der Waals surface area contributed by atoms with Crippen LogP contribution in [0.4, 0.5) is 0 Å². The SMILES string of the molecule is OCCC1(c2cccc(Br)c2)COC1. The van der Waals surface area contributed by atoms with Gasteiger partial charge in [-0.2, -0.15) is 0 Å². The second kappa shape index (κ2) is 4.01. The molecule has 0 bridgehead atoms. The van der Waals surface area contributed by atoms with E-state index in [9.17, 15) is 0 Å². The number of aliphatic hydroxyl groups is 1. The van der Waals surface area contributed by atoms with E-state index in [2.05, 4.69) is 28.1 Å². The summed E-state index contributed by atoms with van der Waals surface area (Å²) < 4.78 is 6.34. The fraction of sp³-hybridized carbons (Fsp3) is 0.455. The summed E-state index contributed by atoms with van der Waals surface area (Å²) >= 11 is 3.46. The molecular weight excluding hydrogens is 244 g/mol. The zero-order valence-corrected chi connectivity index (χ0v) is 9.46. The summed E-state index contributed by atoms with van der Waals surface area (Å²) in [5.41, 5.74) is 1.31. The van der Waals surface area contributed by atoms with E-state index in [1.165, 1.54) is 5.56 Å². The molecule has 1 aliphatic rings. The fourth-order valence-corrected chi connectivity index (χ4v) is 2.24. The lowest BCUT2D eigenvalue weighted by Crippen LogP contribution is -2.47. The van der Waals surface area contributed by atoms with Crippen LogP contribution in [-0.4, -0.2) is 24.9 Å². The molecule has 0 saturated carbocycles. The van der Waals surface area contributed by atoms with Crippen molar-refractivity contribution in [2.45, 2.75) is 11.8 Å². The van der Waals surface area contributed by atoms with E-state index >= 15 is 0 Å². The summed E-state index contributed by atoms with van der Waals surface area (Å²) in [7, 11) is 0. The van der Waals surface area contributed by atoms with Crippen LogP contribution in [0.5, 0.6) is 0 Å². The molecule has 1 aliphatic heterocycles. The van der Waals surface area contributed by atoms with Gasteiger partial charge in [-0.15, -0.1) is 0 Å². The van der Waals surface area contributed by atoms with Gasteiger partial charge in [0, 0.05) is 16.5 Å². The van der Waals surface area contributed by atoms with Crippen LogP contribution in [0.2, 0.25) is 0 Å². The first-order chi connectivity index (χ1) is 6.77. The van der Waals surface area contributed by atoms with E-state index in [0.29, 0.717) is 0 Å². The van der Waals surface area contributed by atoms with Crippen LogP contribution in [0.3, 0.4) is 0 Å². The Morgan fingerprint density at radius 1 is 1.43 bits per heavy atom. The molecule has 0 radical (unpaired) electrons. The van der Waals surface area contributed by atoms with Gasteiger partial charge in [-0.25, -0.2) is 0 Å². The van der Waals surface area contributed by atoms with Gasteiger partial charge in [0.05, 0.1) is 13.2 Å². The normalized spacial score (nSPS) is 19.0. The minimum Gasteiger partial charge on any atom is -0.396 e. The molecule has 1 N–H and O–H groups in total. The summed E-state index contributed by atoms with van der Waals surface area (Å²) in [4.78, 5) is 0. The maximum Gasteiger partial charge on any atom is 0.0586 e. The molecule has 0 unspecified atom stereocenters. The van der Waals surface area contributed by atoms with Crippen molar-refractivity contribution in [1.82, 2.24) is 0 Å². The lowest BCUT2D eigenvalue weighted by Gasteiger charge is -2.41. The Morgan fingerprint density at radius 3 is 2.71 bits per heavy atom. The topological polar surface area (TPSA) is 29.5 Å². The van der Waals surface area contributed by atoms with Crippen molar-refractivity contribution in [3.8, 4) is 0 Å². The molecule has 0 amide bonds. The van der Waals surface area contributed by atoms with E-state index in [1.54, 1.807) is 0 Å². The third kappa shape index (κ3) is 1.72. The summed E-state index contributed by atoms with van der Waals surface area (Å²) in [5.74, 6) is 0. The maximum absolute atomic E-state index is 9.03. The van der Waals surface area contributed by atoms with Gasteiger partial charge in [-0.3, -0.25) is 0 Å². The van der Waals surface area contributed by atoms with Crippen molar-refractivity contribution in [3.05, 3.63) is 34.3 Å². The van der Waals surface area contributed by atoms with Crippen molar-refractivity contribution in [1.29, 1.82) is 0 Å². The number of hydrogen-bond donors (Lipinski definition) is 1. The van der Waals surface area contributed by atoms with Crippen LogP contribution in [-0.2, 0) is 10.2 Å². The van der Waals surface area contributed by atoms with Crippen molar-refractivity contribution >= 4 is 15.9 Å². The highest BCUT2D eigenvalue weighted by atomic mass is 79.9. The van der Waals surface area contributed by atoms with Gasteiger partial charge in [-0.05, 0) is 24.1 Å². The molecule has 1 aromatic rings. The number of aliphatic hydroxyl groups excluding tert-OH is 1. The monoisotopic (exact) mass is 256 g/mol.